The summed E-state index contributed by atoms with van der Waals surface area (Å²) in [4.78, 5) is 0. The third-order valence-corrected chi connectivity index (χ3v) is 2.67. The molecule has 0 saturated carbocycles. The molecule has 0 bridgehead atoms. The summed E-state index contributed by atoms with van der Waals surface area (Å²) < 4.78 is 81.3. The van der Waals surface area contributed by atoms with Crippen LogP contribution < -0.4 is 0 Å². The maximum atomic E-state index is 13.6. The molecule has 1 nitrogen and oxygen atoms in total. The van der Waals surface area contributed by atoms with Crippen molar-refractivity contribution in [3.63, 3.8) is 0 Å². The summed E-state index contributed by atoms with van der Waals surface area (Å²) in [5, 5.41) is -4.75. The molecule has 0 saturated heterocycles. The van der Waals surface area contributed by atoms with Gasteiger partial charge in [-0.15, -0.1) is 11.8 Å². The highest BCUT2D eigenvalue weighted by molar-refractivity contribution is 8.00. The van der Waals surface area contributed by atoms with Crippen LogP contribution in [0.3, 0.4) is 0 Å². The molecule has 0 aliphatic rings. The Morgan fingerprint density at radius 3 is 1.71 bits per heavy atom. The zero-order valence-corrected chi connectivity index (χ0v) is 10.6. The van der Waals surface area contributed by atoms with Crippen LogP contribution in [0, 0.1) is 0 Å². The van der Waals surface area contributed by atoms with Crippen molar-refractivity contribution in [3.8, 4) is 0 Å². The van der Waals surface area contributed by atoms with Gasteiger partial charge in [-0.1, -0.05) is 6.92 Å². The highest BCUT2D eigenvalue weighted by Gasteiger charge is 2.73. The zero-order valence-electron chi connectivity index (χ0n) is 9.79. The molecular weight excluding hydrogens is 269 g/mol. The fraction of sp³-hybridized carbons (Fsp3) is 1.00. The number of alkyl halides is 6. The first kappa shape index (κ1) is 17.0. The smallest absolute Gasteiger partial charge is 0.320 e. The molecule has 0 aromatic carbocycles. The monoisotopic (exact) mass is 282 g/mol. The van der Waals surface area contributed by atoms with E-state index >= 15 is 0 Å². The predicted molar refractivity (Wildman–Crippen MR) is 56.7 cm³/mol. The molecule has 0 amide bonds. The molecule has 1 atom stereocenters. The highest BCUT2D eigenvalue weighted by atomic mass is 32.2. The van der Waals surface area contributed by atoms with Gasteiger partial charge in [-0.2, -0.15) is 22.0 Å². The first-order valence-electron chi connectivity index (χ1n) is 4.74. The maximum Gasteiger partial charge on any atom is 0.441 e. The number of rotatable bonds is 5. The third-order valence-electron chi connectivity index (χ3n) is 1.52. The van der Waals surface area contributed by atoms with Gasteiger partial charge in [0.2, 0.25) is 0 Å². The van der Waals surface area contributed by atoms with Crippen LogP contribution in [0.4, 0.5) is 26.3 Å². The number of hydrogen-bond acceptors (Lipinski definition) is 2. The Balaban J connectivity index is 5.32. The summed E-state index contributed by atoms with van der Waals surface area (Å²) in [6.07, 6.45) is -10.7. The molecule has 0 radical (unpaired) electrons. The molecule has 0 aliphatic heterocycles. The van der Waals surface area contributed by atoms with Crippen molar-refractivity contribution in [2.24, 2.45) is 0 Å². The second-order valence-corrected chi connectivity index (χ2v) is 5.69. The molecule has 0 aromatic heterocycles. The van der Waals surface area contributed by atoms with Crippen LogP contribution in [0.5, 0.6) is 0 Å². The van der Waals surface area contributed by atoms with E-state index in [1.54, 1.807) is 0 Å². The summed E-state index contributed by atoms with van der Waals surface area (Å²) in [6.45, 7) is 3.39. The van der Waals surface area contributed by atoms with Crippen molar-refractivity contribution >= 4 is 19.6 Å². The normalized spacial score (nSPS) is 17.9. The largest absolute Gasteiger partial charge is 0.441 e. The Labute approximate surface area is 101 Å². The number of ether oxygens (including phenoxy) is 1. The van der Waals surface area contributed by atoms with Crippen molar-refractivity contribution in [2.75, 3.05) is 5.75 Å². The van der Waals surface area contributed by atoms with Gasteiger partial charge in [0.1, 0.15) is 7.85 Å². The lowest BCUT2D eigenvalue weighted by Gasteiger charge is -2.37. The van der Waals surface area contributed by atoms with E-state index in [1.807, 2.05) is 0 Å². The Bertz CT molecular complexity index is 264. The minimum atomic E-state index is -5.72. The molecule has 0 spiro atoms. The van der Waals surface area contributed by atoms with Crippen molar-refractivity contribution in [3.05, 3.63) is 0 Å². The van der Waals surface area contributed by atoms with Gasteiger partial charge in [0.25, 0.3) is 0 Å². The highest BCUT2D eigenvalue weighted by Crippen LogP contribution is 2.53. The molecule has 0 aliphatic carbocycles. The van der Waals surface area contributed by atoms with E-state index in [4.69, 9.17) is 0 Å². The van der Waals surface area contributed by atoms with E-state index in [2.05, 4.69) is 4.74 Å². The van der Waals surface area contributed by atoms with Crippen LogP contribution in [-0.4, -0.2) is 36.4 Å². The lowest BCUT2D eigenvalue weighted by molar-refractivity contribution is -0.364. The molecule has 1 unspecified atom stereocenters. The number of thioether (sulfide) groups is 1. The number of hydrogen-bond donors (Lipinski definition) is 0. The van der Waals surface area contributed by atoms with Crippen LogP contribution in [0.1, 0.15) is 20.8 Å². The van der Waals surface area contributed by atoms with E-state index in [0.29, 0.717) is 0 Å². The van der Waals surface area contributed by atoms with Gasteiger partial charge >= 0.3 is 17.3 Å². The first-order valence-corrected chi connectivity index (χ1v) is 5.73. The van der Waals surface area contributed by atoms with Gasteiger partial charge in [-0.3, -0.25) is 0 Å². The summed E-state index contributed by atoms with van der Waals surface area (Å²) >= 11 is -0.533. The summed E-state index contributed by atoms with van der Waals surface area (Å²) in [6, 6.07) is 0. The van der Waals surface area contributed by atoms with E-state index in [9.17, 15) is 26.3 Å². The standard InChI is InChI=1S/C8H13BF6OS/c1-4-17-6(10,7(11,12)13)8(14,15)16-5(2,3)9/h4,9H2,1-3H3. The molecule has 0 heterocycles. The Morgan fingerprint density at radius 2 is 1.47 bits per heavy atom. The second-order valence-electron chi connectivity index (χ2n) is 4.26. The molecule has 0 rings (SSSR count). The van der Waals surface area contributed by atoms with E-state index in [-0.39, 0.29) is 0 Å². The van der Waals surface area contributed by atoms with Crippen LogP contribution in [0.15, 0.2) is 0 Å². The Hall–Kier alpha value is -0.0451. The molecule has 17 heavy (non-hydrogen) atoms. The van der Waals surface area contributed by atoms with Crippen LogP contribution in [-0.2, 0) is 4.74 Å². The molecule has 0 aromatic rings. The third kappa shape index (κ3) is 3.98. The van der Waals surface area contributed by atoms with Crippen LogP contribution in [0.2, 0.25) is 0 Å². The molecule has 0 fully saturated rings. The fourth-order valence-electron chi connectivity index (χ4n) is 0.980. The second kappa shape index (κ2) is 4.91. The molecule has 0 N–H and O–H groups in total. The van der Waals surface area contributed by atoms with Gasteiger partial charge in [0.05, 0.1) is 0 Å². The SMILES string of the molecule is BC(C)(C)OC(F)(F)C(F)(SCC)C(F)(F)F. The lowest BCUT2D eigenvalue weighted by Crippen LogP contribution is -2.57. The van der Waals surface area contributed by atoms with Gasteiger partial charge in [0.15, 0.2) is 0 Å². The van der Waals surface area contributed by atoms with Gasteiger partial charge in [-0.25, -0.2) is 4.39 Å². The molecule has 102 valence electrons. The van der Waals surface area contributed by atoms with E-state index in [0.717, 1.165) is 28.6 Å². The number of halogens is 6. The summed E-state index contributed by atoms with van der Waals surface area (Å²) in [5.41, 5.74) is -1.60. The first-order chi connectivity index (χ1) is 7.27. The maximum absolute atomic E-state index is 13.6. The van der Waals surface area contributed by atoms with Crippen molar-refractivity contribution in [1.82, 2.24) is 0 Å². The van der Waals surface area contributed by atoms with Gasteiger partial charge in [-0.05, 0) is 19.6 Å². The van der Waals surface area contributed by atoms with Gasteiger partial charge in [0, 0.05) is 5.50 Å². The quantitative estimate of drug-likeness (QED) is 0.566. The Morgan fingerprint density at radius 1 is 1.06 bits per heavy atom. The molecule has 9 heteroatoms. The average Bonchev–Trinajstić information content (AvgIpc) is 1.97. The fourth-order valence-corrected chi connectivity index (χ4v) is 1.75. The lowest BCUT2D eigenvalue weighted by atomic mass is 9.85. The van der Waals surface area contributed by atoms with Crippen molar-refractivity contribution < 1.29 is 31.1 Å². The van der Waals surface area contributed by atoms with Crippen molar-refractivity contribution in [1.29, 1.82) is 0 Å². The average molecular weight is 282 g/mol. The van der Waals surface area contributed by atoms with E-state index < -0.39 is 40.3 Å². The van der Waals surface area contributed by atoms with E-state index in [1.165, 1.54) is 0 Å². The summed E-state index contributed by atoms with van der Waals surface area (Å²) in [5.74, 6) is -0.459. The van der Waals surface area contributed by atoms with Crippen LogP contribution in [0.25, 0.3) is 0 Å². The predicted octanol–water partition coefficient (Wildman–Crippen LogP) is 2.95. The van der Waals surface area contributed by atoms with Crippen molar-refractivity contribution in [2.45, 2.75) is 43.6 Å². The van der Waals surface area contributed by atoms with Crippen LogP contribution >= 0.6 is 11.8 Å². The molecular formula is C8H13BF6OS. The minimum absolute atomic E-state index is 0.459. The summed E-state index contributed by atoms with van der Waals surface area (Å²) in [7, 11) is 1.12. The minimum Gasteiger partial charge on any atom is -0.320 e. The van der Waals surface area contributed by atoms with Gasteiger partial charge < -0.3 is 4.74 Å². The Kier molecular flexibility index (Phi) is 4.90. The zero-order chi connectivity index (χ0) is 14.1. The topological polar surface area (TPSA) is 9.23 Å².